The van der Waals surface area contributed by atoms with Gasteiger partial charge in [-0.05, 0) is 49.0 Å². The van der Waals surface area contributed by atoms with Crippen LogP contribution in [-0.2, 0) is 11.3 Å². The van der Waals surface area contributed by atoms with E-state index < -0.39 is 5.97 Å². The van der Waals surface area contributed by atoms with Crippen molar-refractivity contribution in [2.24, 2.45) is 0 Å². The lowest BCUT2D eigenvalue weighted by molar-refractivity contribution is 0.0601. The fourth-order valence-electron chi connectivity index (χ4n) is 2.55. The number of nitrogens with zero attached hydrogens (tertiary/aromatic N) is 2. The number of hydrogen-bond donors (Lipinski definition) is 1. The number of hydrogen-bond acceptors (Lipinski definition) is 5. The zero-order chi connectivity index (χ0) is 18.8. The number of carbonyl (C=O) groups is 2. The molecule has 1 aromatic carbocycles. The summed E-state index contributed by atoms with van der Waals surface area (Å²) in [7, 11) is 1.30. The first kappa shape index (κ1) is 18.9. The first-order chi connectivity index (χ1) is 12.4. The van der Waals surface area contributed by atoms with E-state index >= 15 is 0 Å². The zero-order valence-corrected chi connectivity index (χ0v) is 16.5. The van der Waals surface area contributed by atoms with Crippen LogP contribution in [0, 0.1) is 6.92 Å². The molecular formula is C17H17Cl2N3O3S. The normalized spacial score (nSPS) is 13.4. The van der Waals surface area contributed by atoms with Crippen LogP contribution < -0.4 is 5.32 Å². The third kappa shape index (κ3) is 4.11. The molecule has 0 bridgehead atoms. The van der Waals surface area contributed by atoms with Gasteiger partial charge in [0.25, 0.3) is 0 Å². The minimum absolute atomic E-state index is 0.167. The SMILES string of the molecule is COC(=O)c1c(C)nsc1NC(=O)N(Cc1ccc(Cl)c(Cl)c1)C1CC1. The average Bonchev–Trinajstić information content (AvgIpc) is 3.39. The van der Waals surface area contributed by atoms with Crippen LogP contribution in [0.4, 0.5) is 9.80 Å². The van der Waals surface area contributed by atoms with Gasteiger partial charge in [-0.3, -0.25) is 5.32 Å². The fourth-order valence-corrected chi connectivity index (χ4v) is 3.65. The van der Waals surface area contributed by atoms with Crippen molar-refractivity contribution in [3.63, 3.8) is 0 Å². The van der Waals surface area contributed by atoms with E-state index in [0.29, 0.717) is 27.3 Å². The molecule has 9 heteroatoms. The predicted octanol–water partition coefficient (Wildman–Crippen LogP) is 4.74. The Kier molecular flexibility index (Phi) is 5.70. The van der Waals surface area contributed by atoms with Gasteiger partial charge in [-0.2, -0.15) is 4.37 Å². The van der Waals surface area contributed by atoms with Gasteiger partial charge in [0.1, 0.15) is 10.6 Å². The van der Waals surface area contributed by atoms with Gasteiger partial charge in [0.05, 0.1) is 22.8 Å². The number of benzene rings is 1. The Bertz CT molecular complexity index is 852. The number of rotatable bonds is 5. The van der Waals surface area contributed by atoms with Crippen molar-refractivity contribution in [3.8, 4) is 0 Å². The van der Waals surface area contributed by atoms with E-state index in [0.717, 1.165) is 29.9 Å². The molecule has 3 rings (SSSR count). The molecule has 0 spiro atoms. The molecule has 1 aliphatic rings. The molecule has 0 unspecified atom stereocenters. The van der Waals surface area contributed by atoms with Crippen LogP contribution in [-0.4, -0.2) is 34.4 Å². The van der Waals surface area contributed by atoms with Gasteiger partial charge >= 0.3 is 12.0 Å². The lowest BCUT2D eigenvalue weighted by atomic mass is 10.2. The summed E-state index contributed by atoms with van der Waals surface area (Å²) < 4.78 is 8.91. The molecule has 0 atom stereocenters. The van der Waals surface area contributed by atoms with Gasteiger partial charge in [0.15, 0.2) is 0 Å². The van der Waals surface area contributed by atoms with Gasteiger partial charge in [0, 0.05) is 12.6 Å². The van der Waals surface area contributed by atoms with Gasteiger partial charge in [0.2, 0.25) is 0 Å². The second-order valence-corrected chi connectivity index (χ2v) is 7.59. The van der Waals surface area contributed by atoms with E-state index in [1.807, 2.05) is 6.07 Å². The molecule has 0 saturated heterocycles. The summed E-state index contributed by atoms with van der Waals surface area (Å²) in [5.74, 6) is -0.519. The van der Waals surface area contributed by atoms with Crippen LogP contribution in [0.5, 0.6) is 0 Å². The van der Waals surface area contributed by atoms with Crippen LogP contribution in [0.15, 0.2) is 18.2 Å². The van der Waals surface area contributed by atoms with Gasteiger partial charge < -0.3 is 9.64 Å². The molecule has 26 heavy (non-hydrogen) atoms. The molecule has 2 amide bonds. The number of ether oxygens (including phenoxy) is 1. The molecule has 1 heterocycles. The summed E-state index contributed by atoms with van der Waals surface area (Å²) >= 11 is 13.1. The van der Waals surface area contributed by atoms with E-state index in [-0.39, 0.29) is 17.6 Å². The summed E-state index contributed by atoms with van der Waals surface area (Å²) in [5.41, 5.74) is 1.70. The number of anilines is 1. The van der Waals surface area contributed by atoms with E-state index in [9.17, 15) is 9.59 Å². The summed E-state index contributed by atoms with van der Waals surface area (Å²) in [6, 6.07) is 5.19. The maximum atomic E-state index is 12.8. The monoisotopic (exact) mass is 413 g/mol. The third-order valence-electron chi connectivity index (χ3n) is 4.06. The quantitative estimate of drug-likeness (QED) is 0.718. The smallest absolute Gasteiger partial charge is 0.342 e. The highest BCUT2D eigenvalue weighted by Crippen LogP contribution is 2.32. The highest BCUT2D eigenvalue weighted by Gasteiger charge is 2.33. The van der Waals surface area contributed by atoms with Crippen molar-refractivity contribution in [2.75, 3.05) is 12.4 Å². The second-order valence-electron chi connectivity index (χ2n) is 6.00. The Morgan fingerprint density at radius 3 is 2.69 bits per heavy atom. The van der Waals surface area contributed by atoms with Crippen molar-refractivity contribution in [1.29, 1.82) is 0 Å². The van der Waals surface area contributed by atoms with Crippen LogP contribution >= 0.6 is 34.7 Å². The predicted molar refractivity (Wildman–Crippen MR) is 102 cm³/mol. The summed E-state index contributed by atoms with van der Waals surface area (Å²) in [5, 5.41) is 4.11. The molecule has 1 N–H and O–H groups in total. The number of urea groups is 1. The minimum atomic E-state index is -0.519. The Hall–Kier alpha value is -1.83. The van der Waals surface area contributed by atoms with Gasteiger partial charge in [-0.1, -0.05) is 29.3 Å². The lowest BCUT2D eigenvalue weighted by Gasteiger charge is -2.23. The van der Waals surface area contributed by atoms with Crippen molar-refractivity contribution in [1.82, 2.24) is 9.27 Å². The molecule has 2 aromatic rings. The number of methoxy groups -OCH3 is 1. The van der Waals surface area contributed by atoms with Crippen molar-refractivity contribution in [3.05, 3.63) is 45.1 Å². The van der Waals surface area contributed by atoms with E-state index in [2.05, 4.69) is 9.69 Å². The number of nitrogens with one attached hydrogen (secondary N) is 1. The summed E-state index contributed by atoms with van der Waals surface area (Å²) in [6.45, 7) is 2.10. The third-order valence-corrected chi connectivity index (χ3v) is 5.65. The first-order valence-electron chi connectivity index (χ1n) is 7.97. The molecule has 6 nitrogen and oxygen atoms in total. The van der Waals surface area contributed by atoms with E-state index in [1.54, 1.807) is 24.0 Å². The minimum Gasteiger partial charge on any atom is -0.465 e. The van der Waals surface area contributed by atoms with Gasteiger partial charge in [-0.25, -0.2) is 9.59 Å². The van der Waals surface area contributed by atoms with Crippen LogP contribution in [0.2, 0.25) is 10.0 Å². The molecule has 1 aromatic heterocycles. The van der Waals surface area contributed by atoms with E-state index in [1.165, 1.54) is 7.11 Å². The molecule has 1 aliphatic carbocycles. The largest absolute Gasteiger partial charge is 0.465 e. The number of halogens is 2. The zero-order valence-electron chi connectivity index (χ0n) is 14.2. The molecular weight excluding hydrogens is 397 g/mol. The van der Waals surface area contributed by atoms with Crippen molar-refractivity contribution >= 4 is 51.7 Å². The molecule has 138 valence electrons. The van der Waals surface area contributed by atoms with Gasteiger partial charge in [-0.15, -0.1) is 0 Å². The Balaban J connectivity index is 1.78. The Labute approximate surface area is 165 Å². The Morgan fingerprint density at radius 2 is 2.08 bits per heavy atom. The molecule has 0 aliphatic heterocycles. The average molecular weight is 414 g/mol. The number of aromatic nitrogens is 1. The maximum Gasteiger partial charge on any atom is 0.342 e. The Morgan fingerprint density at radius 1 is 1.35 bits per heavy atom. The fraction of sp³-hybridized carbons (Fsp3) is 0.353. The number of aryl methyl sites for hydroxylation is 1. The molecule has 1 fully saturated rings. The van der Waals surface area contributed by atoms with E-state index in [4.69, 9.17) is 27.9 Å². The highest BCUT2D eigenvalue weighted by molar-refractivity contribution is 7.11. The number of carbonyl (C=O) groups excluding carboxylic acids is 2. The van der Waals surface area contributed by atoms with Crippen molar-refractivity contribution in [2.45, 2.75) is 32.4 Å². The molecule has 1 saturated carbocycles. The first-order valence-corrected chi connectivity index (χ1v) is 9.49. The second kappa shape index (κ2) is 7.82. The van der Waals surface area contributed by atoms with Crippen LogP contribution in [0.1, 0.15) is 34.5 Å². The summed E-state index contributed by atoms with van der Waals surface area (Å²) in [4.78, 5) is 26.5. The lowest BCUT2D eigenvalue weighted by Crippen LogP contribution is -2.36. The van der Waals surface area contributed by atoms with Crippen LogP contribution in [0.25, 0.3) is 0 Å². The topological polar surface area (TPSA) is 71.5 Å². The number of amides is 2. The standard InChI is InChI=1S/C17H17Cl2N3O3S/c1-9-14(16(23)25-2)15(26-21-9)20-17(24)22(11-4-5-11)8-10-3-6-12(18)13(19)7-10/h3,6-7,11H,4-5,8H2,1-2H3,(H,20,24). The van der Waals surface area contributed by atoms with Crippen molar-refractivity contribution < 1.29 is 14.3 Å². The van der Waals surface area contributed by atoms with Crippen LogP contribution in [0.3, 0.4) is 0 Å². The number of esters is 1. The maximum absolute atomic E-state index is 12.8. The molecule has 0 radical (unpaired) electrons. The summed E-state index contributed by atoms with van der Waals surface area (Å²) in [6.07, 6.45) is 1.89. The highest BCUT2D eigenvalue weighted by atomic mass is 35.5.